The van der Waals surface area contributed by atoms with Crippen molar-refractivity contribution in [2.75, 3.05) is 0 Å². The summed E-state index contributed by atoms with van der Waals surface area (Å²) in [6.45, 7) is 2.80. The van der Waals surface area contributed by atoms with Gasteiger partial charge >= 0.3 is 0 Å². The lowest BCUT2D eigenvalue weighted by molar-refractivity contribution is -0.125. The number of hydrogen-bond donors (Lipinski definition) is 1. The minimum atomic E-state index is -1.72. The molecule has 0 saturated carbocycles. The van der Waals surface area contributed by atoms with E-state index in [0.717, 1.165) is 0 Å². The van der Waals surface area contributed by atoms with E-state index in [4.69, 9.17) is 15.7 Å². The molecule has 1 fully saturated rings. The first-order valence-electron chi connectivity index (χ1n) is 5.02. The molecule has 1 rings (SSSR count). The average Bonchev–Trinajstić information content (AvgIpc) is 2.44. The van der Waals surface area contributed by atoms with Gasteiger partial charge in [0.25, 0.3) is 0 Å². The van der Waals surface area contributed by atoms with Gasteiger partial charge in [-0.25, -0.2) is 0 Å². The number of Topliss-reactive ketones (excluding diaryl/α,β-unsaturated/α-hetero) is 1. The summed E-state index contributed by atoms with van der Waals surface area (Å²) < 4.78 is 5.35. The molecule has 1 aliphatic heterocycles. The minimum absolute atomic E-state index is 0.125. The van der Waals surface area contributed by atoms with Crippen molar-refractivity contribution in [3.63, 3.8) is 0 Å². The molecule has 1 heterocycles. The molecule has 0 amide bonds. The highest BCUT2D eigenvalue weighted by molar-refractivity contribution is 5.77. The summed E-state index contributed by atoms with van der Waals surface area (Å²) in [7, 11) is 0. The fourth-order valence-electron chi connectivity index (χ4n) is 2.26. The van der Waals surface area contributed by atoms with Crippen molar-refractivity contribution in [2.45, 2.75) is 32.1 Å². The minimum Gasteiger partial charge on any atom is -0.353 e. The first-order chi connectivity index (χ1) is 7.86. The highest BCUT2D eigenvalue weighted by Gasteiger charge is 2.65. The Labute approximate surface area is 99.2 Å². The summed E-state index contributed by atoms with van der Waals surface area (Å²) in [5.74, 6) is -1.30. The van der Waals surface area contributed by atoms with Crippen LogP contribution in [0.5, 0.6) is 0 Å². The average molecular weight is 232 g/mol. The molecule has 6 heteroatoms. The zero-order valence-electron chi connectivity index (χ0n) is 9.60. The third kappa shape index (κ3) is 1.66. The standard InChI is InChI=1S/C11H12N4O2/c1-7(16)3-10(2)11(5-13,6-14)8(4-12)9(15)17-10/h8-9H,3,15H2,1-2H3. The van der Waals surface area contributed by atoms with E-state index in [2.05, 4.69) is 0 Å². The molecular weight excluding hydrogens is 220 g/mol. The number of nitrogens with two attached hydrogens (primary N) is 1. The maximum absolute atomic E-state index is 11.2. The van der Waals surface area contributed by atoms with E-state index in [0.29, 0.717) is 0 Å². The van der Waals surface area contributed by atoms with Crippen LogP contribution in [0.25, 0.3) is 0 Å². The fraction of sp³-hybridized carbons (Fsp3) is 0.636. The van der Waals surface area contributed by atoms with E-state index in [-0.39, 0.29) is 12.2 Å². The Morgan fingerprint density at radius 3 is 2.29 bits per heavy atom. The highest BCUT2D eigenvalue weighted by Crippen LogP contribution is 2.50. The van der Waals surface area contributed by atoms with Crippen molar-refractivity contribution in [3.05, 3.63) is 0 Å². The third-order valence-corrected chi connectivity index (χ3v) is 3.10. The number of rotatable bonds is 2. The first kappa shape index (κ1) is 13.1. The van der Waals surface area contributed by atoms with Gasteiger partial charge in [0.15, 0.2) is 5.41 Å². The third-order valence-electron chi connectivity index (χ3n) is 3.10. The Morgan fingerprint density at radius 1 is 1.41 bits per heavy atom. The smallest absolute Gasteiger partial charge is 0.192 e. The van der Waals surface area contributed by atoms with E-state index in [1.807, 2.05) is 18.2 Å². The monoisotopic (exact) mass is 232 g/mol. The molecule has 0 aromatic rings. The van der Waals surface area contributed by atoms with Gasteiger partial charge in [-0.05, 0) is 13.8 Å². The van der Waals surface area contributed by atoms with Crippen molar-refractivity contribution in [3.8, 4) is 18.2 Å². The van der Waals surface area contributed by atoms with E-state index < -0.39 is 23.2 Å². The van der Waals surface area contributed by atoms with E-state index >= 15 is 0 Å². The van der Waals surface area contributed by atoms with Crippen LogP contribution in [-0.4, -0.2) is 17.6 Å². The second-order valence-electron chi connectivity index (χ2n) is 4.33. The van der Waals surface area contributed by atoms with Crippen LogP contribution in [0.15, 0.2) is 0 Å². The van der Waals surface area contributed by atoms with Gasteiger partial charge in [-0.3, -0.25) is 4.79 Å². The Balaban J connectivity index is 3.35. The second-order valence-corrected chi connectivity index (χ2v) is 4.33. The molecule has 0 aromatic heterocycles. The zero-order chi connectivity index (χ0) is 13.3. The van der Waals surface area contributed by atoms with Crippen molar-refractivity contribution in [2.24, 2.45) is 17.1 Å². The van der Waals surface area contributed by atoms with Gasteiger partial charge in [-0.2, -0.15) is 15.8 Å². The largest absolute Gasteiger partial charge is 0.353 e. The summed E-state index contributed by atoms with van der Waals surface area (Å²) in [4.78, 5) is 11.2. The maximum Gasteiger partial charge on any atom is 0.192 e. The molecule has 2 N–H and O–H groups in total. The molecule has 17 heavy (non-hydrogen) atoms. The van der Waals surface area contributed by atoms with E-state index in [9.17, 15) is 15.3 Å². The van der Waals surface area contributed by atoms with Crippen LogP contribution in [0.4, 0.5) is 0 Å². The van der Waals surface area contributed by atoms with E-state index in [1.165, 1.54) is 13.8 Å². The van der Waals surface area contributed by atoms with Crippen LogP contribution >= 0.6 is 0 Å². The molecule has 3 unspecified atom stereocenters. The Bertz CT molecular complexity index is 453. The molecule has 0 radical (unpaired) electrons. The number of ether oxygens (including phenoxy) is 1. The SMILES string of the molecule is CC(=O)CC1(C)OC(N)C(C#N)C1(C#N)C#N. The summed E-state index contributed by atoms with van der Waals surface area (Å²) in [6.07, 6.45) is -1.16. The highest BCUT2D eigenvalue weighted by atomic mass is 16.5. The predicted molar refractivity (Wildman–Crippen MR) is 55.5 cm³/mol. The van der Waals surface area contributed by atoms with Crippen LogP contribution in [0.1, 0.15) is 20.3 Å². The number of hydrogen-bond acceptors (Lipinski definition) is 6. The van der Waals surface area contributed by atoms with Crippen molar-refractivity contribution >= 4 is 5.78 Å². The molecule has 0 bridgehead atoms. The van der Waals surface area contributed by atoms with Gasteiger partial charge in [0.2, 0.25) is 0 Å². The van der Waals surface area contributed by atoms with Crippen LogP contribution in [0.2, 0.25) is 0 Å². The number of nitrogens with zero attached hydrogens (tertiary/aromatic N) is 3. The molecular formula is C11H12N4O2. The summed E-state index contributed by atoms with van der Waals surface area (Å²) in [5, 5.41) is 27.4. The predicted octanol–water partition coefficient (Wildman–Crippen LogP) is 0.213. The lowest BCUT2D eigenvalue weighted by Crippen LogP contribution is -2.45. The Hall–Kier alpha value is -1.94. The van der Waals surface area contributed by atoms with Crippen molar-refractivity contribution in [1.29, 1.82) is 15.8 Å². The molecule has 0 aromatic carbocycles. The van der Waals surface area contributed by atoms with Crippen molar-refractivity contribution in [1.82, 2.24) is 0 Å². The first-order valence-corrected chi connectivity index (χ1v) is 5.02. The molecule has 3 atom stereocenters. The van der Waals surface area contributed by atoms with Crippen LogP contribution in [-0.2, 0) is 9.53 Å². The number of carbonyl (C=O) groups excluding carboxylic acids is 1. The van der Waals surface area contributed by atoms with E-state index in [1.54, 1.807) is 0 Å². The Morgan fingerprint density at radius 2 is 1.94 bits per heavy atom. The molecule has 1 aliphatic rings. The zero-order valence-corrected chi connectivity index (χ0v) is 9.60. The number of nitriles is 3. The second kappa shape index (κ2) is 4.14. The topological polar surface area (TPSA) is 124 Å². The molecule has 88 valence electrons. The van der Waals surface area contributed by atoms with Gasteiger partial charge in [0, 0.05) is 6.42 Å². The number of ketones is 1. The van der Waals surface area contributed by atoms with Crippen molar-refractivity contribution < 1.29 is 9.53 Å². The summed E-state index contributed by atoms with van der Waals surface area (Å²) in [5.41, 5.74) is 2.55. The lowest BCUT2D eigenvalue weighted by Gasteiger charge is -2.31. The van der Waals surface area contributed by atoms with Gasteiger partial charge in [-0.1, -0.05) is 0 Å². The molecule has 1 saturated heterocycles. The van der Waals surface area contributed by atoms with Crippen LogP contribution < -0.4 is 5.73 Å². The van der Waals surface area contributed by atoms with Crippen LogP contribution in [0, 0.1) is 45.3 Å². The fourth-order valence-corrected chi connectivity index (χ4v) is 2.26. The van der Waals surface area contributed by atoms with Gasteiger partial charge in [0.1, 0.15) is 23.5 Å². The van der Waals surface area contributed by atoms with Gasteiger partial charge in [0.05, 0.1) is 18.2 Å². The summed E-state index contributed by atoms with van der Waals surface area (Å²) in [6, 6.07) is 5.46. The Kier molecular flexibility index (Phi) is 3.20. The number of carbonyl (C=O) groups is 1. The quantitative estimate of drug-likeness (QED) is 0.725. The molecule has 0 aliphatic carbocycles. The normalized spacial score (nSPS) is 34.4. The molecule has 0 spiro atoms. The van der Waals surface area contributed by atoms with Gasteiger partial charge in [-0.15, -0.1) is 0 Å². The van der Waals surface area contributed by atoms with Gasteiger partial charge < -0.3 is 10.5 Å². The summed E-state index contributed by atoms with van der Waals surface area (Å²) >= 11 is 0. The lowest BCUT2D eigenvalue weighted by atomic mass is 9.67. The van der Waals surface area contributed by atoms with Crippen LogP contribution in [0.3, 0.4) is 0 Å². The molecule has 6 nitrogen and oxygen atoms in total. The maximum atomic E-state index is 11.2.